The van der Waals surface area contributed by atoms with Crippen molar-refractivity contribution in [1.82, 2.24) is 9.97 Å². The van der Waals surface area contributed by atoms with E-state index in [9.17, 15) is 18.3 Å². The number of piperidine rings is 1. The maximum atomic E-state index is 12.5. The highest BCUT2D eigenvalue weighted by atomic mass is 19.4. The van der Waals surface area contributed by atoms with E-state index in [1.807, 2.05) is 11.8 Å². The fourth-order valence-corrected chi connectivity index (χ4v) is 2.44. The van der Waals surface area contributed by atoms with Gasteiger partial charge in [0.25, 0.3) is 0 Å². The van der Waals surface area contributed by atoms with Crippen LogP contribution in [0.5, 0.6) is 5.88 Å². The van der Waals surface area contributed by atoms with Gasteiger partial charge in [0, 0.05) is 19.2 Å². The molecule has 1 fully saturated rings. The Labute approximate surface area is 120 Å². The first-order valence-corrected chi connectivity index (χ1v) is 6.86. The molecule has 1 aromatic heterocycles. The molecule has 1 saturated heterocycles. The molecule has 118 valence electrons. The van der Waals surface area contributed by atoms with Crippen LogP contribution in [-0.4, -0.2) is 47.1 Å². The normalized spacial score (nSPS) is 18.6. The lowest BCUT2D eigenvalue weighted by molar-refractivity contribution is -0.221. The number of halogens is 3. The fraction of sp³-hybridized carbons (Fsp3) is 0.692. The number of alkyl halides is 3. The van der Waals surface area contributed by atoms with E-state index in [1.165, 1.54) is 6.33 Å². The summed E-state index contributed by atoms with van der Waals surface area (Å²) >= 11 is 0. The van der Waals surface area contributed by atoms with Crippen molar-refractivity contribution in [2.45, 2.75) is 32.0 Å². The summed E-state index contributed by atoms with van der Waals surface area (Å²) in [5.74, 6) is 0.322. The Hall–Kier alpha value is -1.57. The van der Waals surface area contributed by atoms with E-state index in [1.54, 1.807) is 6.07 Å². The standard InChI is InChI=1S/C13H18F3N3O2/c1-2-21-11-7-10(17-8-18-11)19-5-3-9(4-6-19)12(20)13(14,15)16/h7-9,12,20H,2-6H2,1H3/t12-/m1/s1. The summed E-state index contributed by atoms with van der Waals surface area (Å²) in [6.07, 6.45) is -4.88. The zero-order valence-electron chi connectivity index (χ0n) is 11.7. The number of aliphatic hydroxyl groups is 1. The van der Waals surface area contributed by atoms with Gasteiger partial charge in [0.15, 0.2) is 6.10 Å². The van der Waals surface area contributed by atoms with Crippen LogP contribution in [0.3, 0.4) is 0 Å². The van der Waals surface area contributed by atoms with Gasteiger partial charge in [-0.2, -0.15) is 13.2 Å². The molecule has 0 unspecified atom stereocenters. The maximum absolute atomic E-state index is 12.5. The van der Waals surface area contributed by atoms with E-state index in [0.717, 1.165) is 0 Å². The topological polar surface area (TPSA) is 58.5 Å². The second-order valence-electron chi connectivity index (χ2n) is 4.96. The molecule has 1 N–H and O–H groups in total. The Morgan fingerprint density at radius 1 is 1.38 bits per heavy atom. The van der Waals surface area contributed by atoms with Gasteiger partial charge in [-0.3, -0.25) is 0 Å². The van der Waals surface area contributed by atoms with Gasteiger partial charge in [0.05, 0.1) is 6.61 Å². The van der Waals surface area contributed by atoms with Gasteiger partial charge in [0.1, 0.15) is 12.1 Å². The van der Waals surface area contributed by atoms with Crippen LogP contribution in [0, 0.1) is 5.92 Å². The molecule has 5 nitrogen and oxygen atoms in total. The molecule has 0 amide bonds. The number of nitrogens with zero attached hydrogens (tertiary/aromatic N) is 3. The van der Waals surface area contributed by atoms with Gasteiger partial charge in [0.2, 0.25) is 5.88 Å². The number of hydrogen-bond acceptors (Lipinski definition) is 5. The number of aromatic nitrogens is 2. The van der Waals surface area contributed by atoms with Crippen molar-refractivity contribution in [2.24, 2.45) is 5.92 Å². The monoisotopic (exact) mass is 305 g/mol. The first kappa shape index (κ1) is 15.8. The molecule has 2 heterocycles. The van der Waals surface area contributed by atoms with Crippen LogP contribution < -0.4 is 9.64 Å². The zero-order valence-corrected chi connectivity index (χ0v) is 11.7. The molecule has 0 aliphatic carbocycles. The third-order valence-corrected chi connectivity index (χ3v) is 3.57. The second kappa shape index (κ2) is 6.46. The lowest BCUT2D eigenvalue weighted by Crippen LogP contribution is -2.43. The number of ether oxygens (including phenoxy) is 1. The minimum atomic E-state index is -4.55. The molecule has 8 heteroatoms. The lowest BCUT2D eigenvalue weighted by atomic mass is 9.91. The molecular formula is C13H18F3N3O2. The highest BCUT2D eigenvalue weighted by Gasteiger charge is 2.44. The van der Waals surface area contributed by atoms with Crippen molar-refractivity contribution in [3.63, 3.8) is 0 Å². The molecule has 1 aromatic rings. The van der Waals surface area contributed by atoms with Crippen LogP contribution in [0.25, 0.3) is 0 Å². The van der Waals surface area contributed by atoms with Crippen molar-refractivity contribution in [1.29, 1.82) is 0 Å². The minimum Gasteiger partial charge on any atom is -0.478 e. The Bertz CT molecular complexity index is 462. The number of anilines is 1. The van der Waals surface area contributed by atoms with Crippen molar-refractivity contribution < 1.29 is 23.0 Å². The fourth-order valence-electron chi connectivity index (χ4n) is 2.44. The highest BCUT2D eigenvalue weighted by molar-refractivity contribution is 5.41. The van der Waals surface area contributed by atoms with Crippen molar-refractivity contribution in [3.8, 4) is 5.88 Å². The van der Waals surface area contributed by atoms with Gasteiger partial charge in [-0.25, -0.2) is 9.97 Å². The van der Waals surface area contributed by atoms with E-state index in [4.69, 9.17) is 4.74 Å². The number of hydrogen-bond donors (Lipinski definition) is 1. The third-order valence-electron chi connectivity index (χ3n) is 3.57. The first-order valence-electron chi connectivity index (χ1n) is 6.86. The Kier molecular flexibility index (Phi) is 4.87. The largest absolute Gasteiger partial charge is 0.478 e. The molecule has 0 aromatic carbocycles. The van der Waals surface area contributed by atoms with E-state index < -0.39 is 18.2 Å². The Morgan fingerprint density at radius 3 is 2.62 bits per heavy atom. The van der Waals surface area contributed by atoms with Crippen molar-refractivity contribution >= 4 is 5.82 Å². The predicted octanol–water partition coefficient (Wildman–Crippen LogP) is 2.01. The van der Waals surface area contributed by atoms with Gasteiger partial charge in [-0.05, 0) is 25.7 Å². The van der Waals surface area contributed by atoms with Crippen LogP contribution in [0.15, 0.2) is 12.4 Å². The summed E-state index contributed by atoms with van der Waals surface area (Å²) < 4.78 is 42.7. The average Bonchev–Trinajstić information content (AvgIpc) is 2.46. The van der Waals surface area contributed by atoms with Gasteiger partial charge < -0.3 is 14.7 Å². The molecule has 0 spiro atoms. The van der Waals surface area contributed by atoms with E-state index in [-0.39, 0.29) is 12.8 Å². The summed E-state index contributed by atoms with van der Waals surface area (Å²) in [7, 11) is 0. The van der Waals surface area contributed by atoms with Gasteiger partial charge in [-0.1, -0.05) is 0 Å². The summed E-state index contributed by atoms with van der Waals surface area (Å²) in [5.41, 5.74) is 0. The first-order chi connectivity index (χ1) is 9.91. The van der Waals surface area contributed by atoms with E-state index in [0.29, 0.717) is 31.4 Å². The van der Waals surface area contributed by atoms with Crippen LogP contribution in [0.4, 0.5) is 19.0 Å². The molecule has 21 heavy (non-hydrogen) atoms. The van der Waals surface area contributed by atoms with Crippen LogP contribution >= 0.6 is 0 Å². The zero-order chi connectivity index (χ0) is 15.5. The summed E-state index contributed by atoms with van der Waals surface area (Å²) in [5, 5.41) is 9.29. The van der Waals surface area contributed by atoms with Crippen molar-refractivity contribution in [2.75, 3.05) is 24.6 Å². The van der Waals surface area contributed by atoms with E-state index >= 15 is 0 Å². The molecule has 1 atom stereocenters. The minimum absolute atomic E-state index is 0.272. The Balaban J connectivity index is 1.96. The lowest BCUT2D eigenvalue weighted by Gasteiger charge is -2.35. The molecular weight excluding hydrogens is 287 g/mol. The molecule has 0 radical (unpaired) electrons. The molecule has 0 saturated carbocycles. The Morgan fingerprint density at radius 2 is 2.05 bits per heavy atom. The highest BCUT2D eigenvalue weighted by Crippen LogP contribution is 2.32. The van der Waals surface area contributed by atoms with Crippen LogP contribution in [0.2, 0.25) is 0 Å². The maximum Gasteiger partial charge on any atom is 0.414 e. The van der Waals surface area contributed by atoms with Crippen molar-refractivity contribution in [3.05, 3.63) is 12.4 Å². The predicted molar refractivity (Wildman–Crippen MR) is 70.2 cm³/mol. The van der Waals surface area contributed by atoms with E-state index in [2.05, 4.69) is 9.97 Å². The second-order valence-corrected chi connectivity index (χ2v) is 4.96. The molecule has 1 aliphatic heterocycles. The van der Waals surface area contributed by atoms with Gasteiger partial charge >= 0.3 is 6.18 Å². The molecule has 2 rings (SSSR count). The smallest absolute Gasteiger partial charge is 0.414 e. The summed E-state index contributed by atoms with van der Waals surface area (Å²) in [6.45, 7) is 3.16. The third kappa shape index (κ3) is 3.96. The summed E-state index contributed by atoms with van der Waals surface area (Å²) in [4.78, 5) is 9.94. The number of aliphatic hydroxyl groups excluding tert-OH is 1. The molecule has 0 bridgehead atoms. The molecule has 1 aliphatic rings. The SMILES string of the molecule is CCOc1cc(N2CCC([C@@H](O)C(F)(F)F)CC2)ncn1. The average molecular weight is 305 g/mol. The van der Waals surface area contributed by atoms with Crippen LogP contribution in [0.1, 0.15) is 19.8 Å². The number of rotatable bonds is 4. The van der Waals surface area contributed by atoms with Gasteiger partial charge in [-0.15, -0.1) is 0 Å². The van der Waals surface area contributed by atoms with Crippen LogP contribution in [-0.2, 0) is 0 Å². The summed E-state index contributed by atoms with van der Waals surface area (Å²) in [6, 6.07) is 1.67. The quantitative estimate of drug-likeness (QED) is 0.922.